The van der Waals surface area contributed by atoms with E-state index in [4.69, 9.17) is 10.5 Å². The Balaban J connectivity index is 3.09. The minimum atomic E-state index is -0.674. The Kier molecular flexibility index (Phi) is 3.44. The molecule has 1 rings (SSSR count). The van der Waals surface area contributed by atoms with E-state index in [2.05, 4.69) is 0 Å². The van der Waals surface area contributed by atoms with Crippen LogP contribution in [0.4, 0.5) is 5.69 Å². The van der Waals surface area contributed by atoms with Gasteiger partial charge in [0.15, 0.2) is 12.4 Å². The van der Waals surface area contributed by atoms with Gasteiger partial charge in [-0.1, -0.05) is 0 Å². The van der Waals surface area contributed by atoms with Crippen molar-refractivity contribution >= 4 is 11.6 Å². The summed E-state index contributed by atoms with van der Waals surface area (Å²) in [5.41, 5.74) is 6.38. The Morgan fingerprint density at radius 1 is 1.44 bits per heavy atom. The van der Waals surface area contributed by atoms with E-state index in [1.165, 1.54) is 12.1 Å². The van der Waals surface area contributed by atoms with Crippen LogP contribution in [0.5, 0.6) is 5.75 Å². The molecule has 1 amide bonds. The topological polar surface area (TPSA) is 95.5 Å². The standard InChI is InChI=1S/C10H12N2O4/c1-6-3-8(12(14)15)9(4-7(6)2)16-5-10(11)13/h3-4H,5H2,1-2H3,(H2,11,13). The molecule has 6 heteroatoms. The van der Waals surface area contributed by atoms with E-state index in [9.17, 15) is 14.9 Å². The van der Waals surface area contributed by atoms with Crippen molar-refractivity contribution in [3.8, 4) is 5.75 Å². The molecule has 6 nitrogen and oxygen atoms in total. The number of ether oxygens (including phenoxy) is 1. The predicted molar refractivity (Wildman–Crippen MR) is 57.3 cm³/mol. The quantitative estimate of drug-likeness (QED) is 0.611. The fourth-order valence-electron chi connectivity index (χ4n) is 1.18. The first-order chi connectivity index (χ1) is 7.41. The molecule has 0 bridgehead atoms. The van der Waals surface area contributed by atoms with Gasteiger partial charge < -0.3 is 10.5 Å². The molecule has 86 valence electrons. The smallest absolute Gasteiger partial charge is 0.311 e. The van der Waals surface area contributed by atoms with E-state index < -0.39 is 10.8 Å². The summed E-state index contributed by atoms with van der Waals surface area (Å²) in [4.78, 5) is 20.7. The molecule has 0 fully saturated rings. The van der Waals surface area contributed by atoms with Crippen LogP contribution < -0.4 is 10.5 Å². The van der Waals surface area contributed by atoms with Crippen LogP contribution in [0.25, 0.3) is 0 Å². The van der Waals surface area contributed by atoms with E-state index in [0.29, 0.717) is 0 Å². The van der Waals surface area contributed by atoms with Crippen molar-refractivity contribution in [2.45, 2.75) is 13.8 Å². The van der Waals surface area contributed by atoms with Gasteiger partial charge in [0.1, 0.15) is 0 Å². The summed E-state index contributed by atoms with van der Waals surface area (Å²) < 4.78 is 4.98. The fourth-order valence-corrected chi connectivity index (χ4v) is 1.18. The Labute approximate surface area is 92.2 Å². The van der Waals surface area contributed by atoms with Crippen LogP contribution in [0.3, 0.4) is 0 Å². The van der Waals surface area contributed by atoms with Crippen molar-refractivity contribution in [2.75, 3.05) is 6.61 Å². The second-order valence-electron chi connectivity index (χ2n) is 3.42. The van der Waals surface area contributed by atoms with Crippen LogP contribution in [0.2, 0.25) is 0 Å². The second-order valence-corrected chi connectivity index (χ2v) is 3.42. The molecule has 2 N–H and O–H groups in total. The van der Waals surface area contributed by atoms with Gasteiger partial charge in [0.25, 0.3) is 5.91 Å². The van der Waals surface area contributed by atoms with Gasteiger partial charge >= 0.3 is 5.69 Å². The lowest BCUT2D eigenvalue weighted by atomic mass is 10.1. The maximum absolute atomic E-state index is 10.7. The average Bonchev–Trinajstić information content (AvgIpc) is 2.18. The van der Waals surface area contributed by atoms with E-state index in [-0.39, 0.29) is 18.0 Å². The molecule has 0 aliphatic carbocycles. The van der Waals surface area contributed by atoms with Gasteiger partial charge in [-0.2, -0.15) is 0 Å². The van der Waals surface area contributed by atoms with Crippen molar-refractivity contribution < 1.29 is 14.5 Å². The maximum Gasteiger partial charge on any atom is 0.311 e. The SMILES string of the molecule is Cc1cc(OCC(N)=O)c([N+](=O)[O-])cc1C. The molecule has 0 spiro atoms. The molecule has 0 atom stereocenters. The molecule has 0 radical (unpaired) electrons. The molecule has 0 aromatic heterocycles. The number of amides is 1. The molecule has 1 aromatic carbocycles. The third-order valence-corrected chi connectivity index (χ3v) is 2.14. The number of hydrogen-bond acceptors (Lipinski definition) is 4. The maximum atomic E-state index is 10.7. The van der Waals surface area contributed by atoms with E-state index in [1.54, 1.807) is 13.8 Å². The Bertz CT molecular complexity index is 443. The van der Waals surface area contributed by atoms with Gasteiger partial charge in [-0.3, -0.25) is 14.9 Å². The first-order valence-electron chi connectivity index (χ1n) is 4.58. The highest BCUT2D eigenvalue weighted by molar-refractivity contribution is 5.75. The van der Waals surface area contributed by atoms with Crippen LogP contribution >= 0.6 is 0 Å². The number of carbonyl (C=O) groups is 1. The lowest BCUT2D eigenvalue weighted by Crippen LogP contribution is -2.20. The zero-order valence-electron chi connectivity index (χ0n) is 9.02. The lowest BCUT2D eigenvalue weighted by molar-refractivity contribution is -0.385. The Morgan fingerprint density at radius 2 is 2.00 bits per heavy atom. The molecule has 0 heterocycles. The zero-order valence-corrected chi connectivity index (χ0v) is 9.02. The summed E-state index contributed by atoms with van der Waals surface area (Å²) >= 11 is 0. The van der Waals surface area contributed by atoms with Crippen LogP contribution in [-0.2, 0) is 4.79 Å². The van der Waals surface area contributed by atoms with E-state index in [0.717, 1.165) is 11.1 Å². The summed E-state index contributed by atoms with van der Waals surface area (Å²) in [5, 5.41) is 10.7. The normalized spacial score (nSPS) is 9.88. The van der Waals surface area contributed by atoms with Gasteiger partial charge in [-0.15, -0.1) is 0 Å². The third kappa shape index (κ3) is 2.69. The van der Waals surface area contributed by atoms with Crippen LogP contribution in [0.1, 0.15) is 11.1 Å². The van der Waals surface area contributed by atoms with Gasteiger partial charge in [0, 0.05) is 6.07 Å². The first kappa shape index (κ1) is 12.0. The van der Waals surface area contributed by atoms with Gasteiger partial charge in [0.05, 0.1) is 4.92 Å². The van der Waals surface area contributed by atoms with Crippen molar-refractivity contribution in [3.05, 3.63) is 33.4 Å². The number of benzene rings is 1. The molecule has 0 saturated heterocycles. The number of primary amides is 1. The van der Waals surface area contributed by atoms with Crippen molar-refractivity contribution in [3.63, 3.8) is 0 Å². The monoisotopic (exact) mass is 224 g/mol. The summed E-state index contributed by atoms with van der Waals surface area (Å²) in [6.45, 7) is 3.19. The number of nitro groups is 1. The molecule has 0 saturated carbocycles. The summed E-state index contributed by atoms with van der Waals surface area (Å²) in [5.74, 6) is -0.612. The highest BCUT2D eigenvalue weighted by atomic mass is 16.6. The minimum absolute atomic E-state index is 0.0619. The molecule has 0 unspecified atom stereocenters. The molecular formula is C10H12N2O4. The number of carbonyl (C=O) groups excluding carboxylic acids is 1. The average molecular weight is 224 g/mol. The van der Waals surface area contributed by atoms with Crippen molar-refractivity contribution in [2.24, 2.45) is 5.73 Å². The zero-order chi connectivity index (χ0) is 12.3. The van der Waals surface area contributed by atoms with Crippen molar-refractivity contribution in [1.29, 1.82) is 0 Å². The summed E-state index contributed by atoms with van der Waals surface area (Å²) in [6.07, 6.45) is 0. The van der Waals surface area contributed by atoms with Crippen LogP contribution in [0, 0.1) is 24.0 Å². The second kappa shape index (κ2) is 4.61. The summed E-state index contributed by atoms with van der Waals surface area (Å²) in [6, 6.07) is 2.93. The fraction of sp³-hybridized carbons (Fsp3) is 0.300. The molecule has 16 heavy (non-hydrogen) atoms. The number of nitrogens with two attached hydrogens (primary N) is 1. The number of rotatable bonds is 4. The highest BCUT2D eigenvalue weighted by Crippen LogP contribution is 2.29. The van der Waals surface area contributed by atoms with Gasteiger partial charge in [-0.05, 0) is 31.0 Å². The number of nitro benzene ring substituents is 1. The Morgan fingerprint density at radius 3 is 2.50 bits per heavy atom. The molecular weight excluding hydrogens is 212 g/mol. The largest absolute Gasteiger partial charge is 0.477 e. The van der Waals surface area contributed by atoms with Gasteiger partial charge in [0.2, 0.25) is 0 Å². The lowest BCUT2D eigenvalue weighted by Gasteiger charge is -2.07. The highest BCUT2D eigenvalue weighted by Gasteiger charge is 2.17. The summed E-state index contributed by atoms with van der Waals surface area (Å²) in [7, 11) is 0. The molecule has 1 aromatic rings. The van der Waals surface area contributed by atoms with Gasteiger partial charge in [-0.25, -0.2) is 0 Å². The number of aryl methyl sites for hydroxylation is 2. The predicted octanol–water partition coefficient (Wildman–Crippen LogP) is 1.08. The third-order valence-electron chi connectivity index (χ3n) is 2.14. The van der Waals surface area contributed by atoms with E-state index in [1.807, 2.05) is 0 Å². The number of nitrogens with zero attached hydrogens (tertiary/aromatic N) is 1. The molecule has 0 aliphatic rings. The van der Waals surface area contributed by atoms with Crippen LogP contribution in [0.15, 0.2) is 12.1 Å². The Hall–Kier alpha value is -2.11. The minimum Gasteiger partial charge on any atom is -0.477 e. The van der Waals surface area contributed by atoms with Crippen molar-refractivity contribution in [1.82, 2.24) is 0 Å². The number of hydrogen-bond donors (Lipinski definition) is 1. The first-order valence-corrected chi connectivity index (χ1v) is 4.58. The van der Waals surface area contributed by atoms with E-state index >= 15 is 0 Å². The van der Waals surface area contributed by atoms with Crippen LogP contribution in [-0.4, -0.2) is 17.4 Å². The molecule has 0 aliphatic heterocycles.